The Morgan fingerprint density at radius 2 is 2.12 bits per heavy atom. The molecule has 1 aromatic rings. The first kappa shape index (κ1) is 13.0. The third kappa shape index (κ3) is 2.36. The maximum Gasteiger partial charge on any atom is 0.180 e. The fourth-order valence-corrected chi connectivity index (χ4v) is 1.83. The molecular weight excluding hydrogens is 226 g/mol. The van der Waals surface area contributed by atoms with Crippen molar-refractivity contribution in [2.24, 2.45) is 0 Å². The fourth-order valence-electron chi connectivity index (χ4n) is 1.68. The van der Waals surface area contributed by atoms with E-state index in [0.29, 0.717) is 16.3 Å². The van der Waals surface area contributed by atoms with E-state index in [9.17, 15) is 4.79 Å². The van der Waals surface area contributed by atoms with Crippen LogP contribution >= 0.6 is 11.6 Å². The standard InChI is InChI=1S/C12H16ClNO2/c1-7-5-10(16-4)11(8(2)12(7)13)9(15)6-14-3/h5,14H,6H2,1-4H3. The van der Waals surface area contributed by atoms with Gasteiger partial charge in [0.25, 0.3) is 0 Å². The Labute approximate surface area is 101 Å². The van der Waals surface area contributed by atoms with Crippen molar-refractivity contribution in [3.8, 4) is 5.75 Å². The number of hydrogen-bond donors (Lipinski definition) is 1. The number of ether oxygens (including phenoxy) is 1. The Morgan fingerprint density at radius 3 is 2.62 bits per heavy atom. The van der Waals surface area contributed by atoms with E-state index in [4.69, 9.17) is 16.3 Å². The summed E-state index contributed by atoms with van der Waals surface area (Å²) in [5, 5.41) is 3.46. The Morgan fingerprint density at radius 1 is 1.50 bits per heavy atom. The van der Waals surface area contributed by atoms with Crippen molar-refractivity contribution in [3.63, 3.8) is 0 Å². The molecule has 0 heterocycles. The third-order valence-electron chi connectivity index (χ3n) is 2.48. The molecule has 0 bridgehead atoms. The number of aryl methyl sites for hydroxylation is 1. The molecule has 0 saturated carbocycles. The summed E-state index contributed by atoms with van der Waals surface area (Å²) >= 11 is 6.13. The maximum absolute atomic E-state index is 11.9. The van der Waals surface area contributed by atoms with Gasteiger partial charge in [0.1, 0.15) is 5.75 Å². The molecule has 1 rings (SSSR count). The van der Waals surface area contributed by atoms with Gasteiger partial charge in [-0.05, 0) is 38.1 Å². The van der Waals surface area contributed by atoms with Crippen LogP contribution in [0.2, 0.25) is 5.02 Å². The molecule has 16 heavy (non-hydrogen) atoms. The van der Waals surface area contributed by atoms with E-state index in [0.717, 1.165) is 11.1 Å². The van der Waals surface area contributed by atoms with E-state index in [1.165, 1.54) is 0 Å². The van der Waals surface area contributed by atoms with E-state index in [2.05, 4.69) is 5.32 Å². The summed E-state index contributed by atoms with van der Waals surface area (Å²) in [6.07, 6.45) is 0. The quantitative estimate of drug-likeness (QED) is 0.823. The van der Waals surface area contributed by atoms with Crippen LogP contribution in [0.1, 0.15) is 21.5 Å². The third-order valence-corrected chi connectivity index (χ3v) is 3.06. The first-order valence-electron chi connectivity index (χ1n) is 5.04. The van der Waals surface area contributed by atoms with Crippen molar-refractivity contribution in [3.05, 3.63) is 27.8 Å². The molecule has 0 spiro atoms. The summed E-state index contributed by atoms with van der Waals surface area (Å²) in [5.74, 6) is 0.568. The van der Waals surface area contributed by atoms with Crippen LogP contribution in [0.5, 0.6) is 5.75 Å². The normalized spacial score (nSPS) is 10.3. The zero-order valence-electron chi connectivity index (χ0n) is 9.98. The molecule has 0 saturated heterocycles. The van der Waals surface area contributed by atoms with E-state index in [1.54, 1.807) is 20.2 Å². The molecular formula is C12H16ClNO2. The SMILES string of the molecule is CNCC(=O)c1c(OC)cc(C)c(Cl)c1C. The van der Waals surface area contributed by atoms with Crippen LogP contribution < -0.4 is 10.1 Å². The summed E-state index contributed by atoms with van der Waals surface area (Å²) in [4.78, 5) is 11.9. The second-order valence-corrected chi connectivity index (χ2v) is 4.04. The first-order valence-corrected chi connectivity index (χ1v) is 5.42. The van der Waals surface area contributed by atoms with Crippen molar-refractivity contribution in [1.82, 2.24) is 5.32 Å². The lowest BCUT2D eigenvalue weighted by Gasteiger charge is -2.14. The van der Waals surface area contributed by atoms with Crippen molar-refractivity contribution in [2.75, 3.05) is 20.7 Å². The number of likely N-dealkylation sites (N-methyl/N-ethyl adjacent to an activating group) is 1. The van der Waals surface area contributed by atoms with E-state index in [1.807, 2.05) is 13.8 Å². The Hall–Kier alpha value is -1.06. The van der Waals surface area contributed by atoms with Crippen LogP contribution in [0.15, 0.2) is 6.07 Å². The van der Waals surface area contributed by atoms with Gasteiger partial charge in [-0.1, -0.05) is 11.6 Å². The zero-order valence-corrected chi connectivity index (χ0v) is 10.7. The number of carbonyl (C=O) groups excluding carboxylic acids is 1. The predicted octanol–water partition coefficient (Wildman–Crippen LogP) is 2.37. The average molecular weight is 242 g/mol. The monoisotopic (exact) mass is 241 g/mol. The van der Waals surface area contributed by atoms with Gasteiger partial charge in [-0.3, -0.25) is 4.79 Å². The minimum atomic E-state index is -0.0150. The Bertz CT molecular complexity index is 416. The molecule has 0 amide bonds. The Balaban J connectivity index is 3.35. The highest BCUT2D eigenvalue weighted by Crippen LogP contribution is 2.31. The molecule has 3 nitrogen and oxygen atoms in total. The summed E-state index contributed by atoms with van der Waals surface area (Å²) in [5.41, 5.74) is 2.25. The number of nitrogens with one attached hydrogen (secondary N) is 1. The van der Waals surface area contributed by atoms with E-state index < -0.39 is 0 Å². The van der Waals surface area contributed by atoms with Crippen LogP contribution in [0, 0.1) is 13.8 Å². The van der Waals surface area contributed by atoms with Crippen LogP contribution in [-0.4, -0.2) is 26.5 Å². The minimum Gasteiger partial charge on any atom is -0.496 e. The second-order valence-electron chi connectivity index (χ2n) is 3.66. The largest absolute Gasteiger partial charge is 0.496 e. The molecule has 0 unspecified atom stereocenters. The average Bonchev–Trinajstić information content (AvgIpc) is 2.25. The number of benzene rings is 1. The highest BCUT2D eigenvalue weighted by Gasteiger charge is 2.18. The number of methoxy groups -OCH3 is 1. The summed E-state index contributed by atoms with van der Waals surface area (Å²) in [6.45, 7) is 4.00. The number of hydrogen-bond acceptors (Lipinski definition) is 3. The summed E-state index contributed by atoms with van der Waals surface area (Å²) in [6, 6.07) is 1.79. The van der Waals surface area contributed by atoms with Gasteiger partial charge in [0.2, 0.25) is 0 Å². The minimum absolute atomic E-state index is 0.0150. The van der Waals surface area contributed by atoms with Crippen molar-refractivity contribution in [1.29, 1.82) is 0 Å². The number of carbonyl (C=O) groups is 1. The number of ketones is 1. The van der Waals surface area contributed by atoms with Gasteiger partial charge < -0.3 is 10.1 Å². The second kappa shape index (κ2) is 5.32. The highest BCUT2D eigenvalue weighted by atomic mass is 35.5. The lowest BCUT2D eigenvalue weighted by Crippen LogP contribution is -2.20. The fraction of sp³-hybridized carbons (Fsp3) is 0.417. The molecule has 0 atom stereocenters. The summed E-state index contributed by atoms with van der Waals surface area (Å²) in [7, 11) is 3.29. The molecule has 1 aromatic carbocycles. The smallest absolute Gasteiger partial charge is 0.180 e. The van der Waals surface area contributed by atoms with Crippen LogP contribution in [0.3, 0.4) is 0 Å². The number of Topliss-reactive ketones (excluding diaryl/α,β-unsaturated/α-hetero) is 1. The van der Waals surface area contributed by atoms with Crippen molar-refractivity contribution >= 4 is 17.4 Å². The van der Waals surface area contributed by atoms with Gasteiger partial charge in [-0.2, -0.15) is 0 Å². The first-order chi connectivity index (χ1) is 7.52. The van der Waals surface area contributed by atoms with Gasteiger partial charge in [0, 0.05) is 5.02 Å². The van der Waals surface area contributed by atoms with Gasteiger partial charge in [0.05, 0.1) is 19.2 Å². The lowest BCUT2D eigenvalue weighted by molar-refractivity contribution is 0.0990. The molecule has 1 N–H and O–H groups in total. The summed E-state index contributed by atoms with van der Waals surface area (Å²) < 4.78 is 5.22. The van der Waals surface area contributed by atoms with Crippen molar-refractivity contribution in [2.45, 2.75) is 13.8 Å². The topological polar surface area (TPSA) is 38.3 Å². The van der Waals surface area contributed by atoms with Gasteiger partial charge in [-0.15, -0.1) is 0 Å². The molecule has 0 aliphatic rings. The predicted molar refractivity (Wildman–Crippen MR) is 65.7 cm³/mol. The maximum atomic E-state index is 11.9. The van der Waals surface area contributed by atoms with Crippen LogP contribution in [-0.2, 0) is 0 Å². The zero-order chi connectivity index (χ0) is 12.3. The van der Waals surface area contributed by atoms with E-state index >= 15 is 0 Å². The Kier molecular flexibility index (Phi) is 4.33. The molecule has 88 valence electrons. The van der Waals surface area contributed by atoms with Gasteiger partial charge >= 0.3 is 0 Å². The molecule has 4 heteroatoms. The molecule has 0 fully saturated rings. The number of rotatable bonds is 4. The molecule has 0 aliphatic heterocycles. The van der Waals surface area contributed by atoms with Crippen LogP contribution in [0.25, 0.3) is 0 Å². The van der Waals surface area contributed by atoms with Crippen molar-refractivity contribution < 1.29 is 9.53 Å². The number of halogens is 1. The molecule has 0 radical (unpaired) electrons. The van der Waals surface area contributed by atoms with Gasteiger partial charge in [-0.25, -0.2) is 0 Å². The van der Waals surface area contributed by atoms with E-state index in [-0.39, 0.29) is 12.3 Å². The molecule has 0 aliphatic carbocycles. The van der Waals surface area contributed by atoms with Gasteiger partial charge in [0.15, 0.2) is 5.78 Å². The lowest BCUT2D eigenvalue weighted by atomic mass is 10.0. The van der Waals surface area contributed by atoms with Crippen LogP contribution in [0.4, 0.5) is 0 Å². The molecule has 0 aromatic heterocycles. The highest BCUT2D eigenvalue weighted by molar-refractivity contribution is 6.32.